The number of benzene rings is 1. The minimum Gasteiger partial charge on any atom is -0.465 e. The van der Waals surface area contributed by atoms with Gasteiger partial charge in [0.05, 0.1) is 6.54 Å². The van der Waals surface area contributed by atoms with Crippen LogP contribution >= 0.6 is 0 Å². The molecule has 0 spiro atoms. The average Bonchev–Trinajstić information content (AvgIpc) is 3.21. The minimum absolute atomic E-state index is 0.0690. The number of amides is 1. The van der Waals surface area contributed by atoms with Gasteiger partial charge >= 0.3 is 0 Å². The van der Waals surface area contributed by atoms with Crippen LogP contribution in [0.5, 0.6) is 0 Å². The number of rotatable bonds is 6. The topological polar surface area (TPSA) is 45.5 Å². The highest BCUT2D eigenvalue weighted by atomic mass is 16.3. The largest absolute Gasteiger partial charge is 0.465 e. The number of nitrogens with zero attached hydrogens (tertiary/aromatic N) is 1. The first-order chi connectivity index (χ1) is 10.6. The maximum atomic E-state index is 12.6. The second-order valence-corrected chi connectivity index (χ2v) is 6.02. The first-order valence-electron chi connectivity index (χ1n) is 7.74. The van der Waals surface area contributed by atoms with Crippen LogP contribution in [0.25, 0.3) is 0 Å². The molecule has 1 fully saturated rings. The molecule has 3 rings (SSSR count). The Bertz CT molecular complexity index is 632. The third kappa shape index (κ3) is 3.57. The molecule has 22 heavy (non-hydrogen) atoms. The summed E-state index contributed by atoms with van der Waals surface area (Å²) in [6, 6.07) is 13.9. The summed E-state index contributed by atoms with van der Waals surface area (Å²) in [5.41, 5.74) is 1.01. The molecular weight excluding hydrogens is 276 g/mol. The zero-order valence-corrected chi connectivity index (χ0v) is 13.1. The van der Waals surface area contributed by atoms with Crippen LogP contribution < -0.4 is 5.32 Å². The number of likely N-dealkylation sites (N-methyl/N-ethyl adjacent to an activating group) is 1. The smallest absolute Gasteiger partial charge is 0.242 e. The maximum Gasteiger partial charge on any atom is 0.242 e. The molecule has 1 aromatic heterocycles. The summed E-state index contributed by atoms with van der Waals surface area (Å²) in [5.74, 6) is 1.83. The maximum absolute atomic E-state index is 12.6. The number of nitrogens with one attached hydrogen (secondary N) is 1. The molecule has 1 heterocycles. The van der Waals surface area contributed by atoms with Gasteiger partial charge in [0.1, 0.15) is 17.6 Å². The SMILES string of the molecule is Cc1ccc(CN(C)C(C(=O)NC2CC2)c2ccccc2)o1. The summed E-state index contributed by atoms with van der Waals surface area (Å²) in [5, 5.41) is 3.11. The van der Waals surface area contributed by atoms with E-state index in [0.29, 0.717) is 12.6 Å². The van der Waals surface area contributed by atoms with E-state index in [1.807, 2.05) is 61.3 Å². The summed E-state index contributed by atoms with van der Waals surface area (Å²) in [7, 11) is 1.96. The van der Waals surface area contributed by atoms with Crippen molar-refractivity contribution < 1.29 is 9.21 Å². The minimum atomic E-state index is -0.299. The fourth-order valence-corrected chi connectivity index (χ4v) is 2.66. The Hall–Kier alpha value is -2.07. The van der Waals surface area contributed by atoms with E-state index in [4.69, 9.17) is 4.42 Å². The van der Waals surface area contributed by atoms with Crippen molar-refractivity contribution in [1.82, 2.24) is 10.2 Å². The van der Waals surface area contributed by atoms with Crippen LogP contribution in [0, 0.1) is 6.92 Å². The lowest BCUT2D eigenvalue weighted by Crippen LogP contribution is -2.39. The van der Waals surface area contributed by atoms with Gasteiger partial charge < -0.3 is 9.73 Å². The monoisotopic (exact) mass is 298 g/mol. The van der Waals surface area contributed by atoms with Gasteiger partial charge in [0, 0.05) is 6.04 Å². The third-order valence-electron chi connectivity index (χ3n) is 3.93. The Kier molecular flexibility index (Phi) is 4.29. The molecule has 0 radical (unpaired) electrons. The number of hydrogen-bond donors (Lipinski definition) is 1. The van der Waals surface area contributed by atoms with Gasteiger partial charge in [-0.3, -0.25) is 9.69 Å². The molecule has 1 aromatic carbocycles. The van der Waals surface area contributed by atoms with Crippen molar-refractivity contribution in [3.63, 3.8) is 0 Å². The van der Waals surface area contributed by atoms with Crippen LogP contribution in [0.2, 0.25) is 0 Å². The average molecular weight is 298 g/mol. The summed E-state index contributed by atoms with van der Waals surface area (Å²) in [4.78, 5) is 14.7. The van der Waals surface area contributed by atoms with E-state index in [9.17, 15) is 4.79 Å². The molecule has 1 saturated carbocycles. The third-order valence-corrected chi connectivity index (χ3v) is 3.93. The van der Waals surface area contributed by atoms with E-state index < -0.39 is 0 Å². The first-order valence-corrected chi connectivity index (χ1v) is 7.74. The van der Waals surface area contributed by atoms with Crippen molar-refractivity contribution in [2.75, 3.05) is 7.05 Å². The molecule has 1 aliphatic carbocycles. The summed E-state index contributed by atoms with van der Waals surface area (Å²) in [6.45, 7) is 2.53. The quantitative estimate of drug-likeness (QED) is 0.891. The lowest BCUT2D eigenvalue weighted by Gasteiger charge is -2.27. The van der Waals surface area contributed by atoms with Crippen LogP contribution in [0.4, 0.5) is 0 Å². The number of carbonyl (C=O) groups is 1. The highest BCUT2D eigenvalue weighted by molar-refractivity contribution is 5.83. The Morgan fingerprint density at radius 1 is 1.27 bits per heavy atom. The zero-order chi connectivity index (χ0) is 15.5. The number of hydrogen-bond acceptors (Lipinski definition) is 3. The highest BCUT2D eigenvalue weighted by Gasteiger charge is 2.30. The van der Waals surface area contributed by atoms with Crippen molar-refractivity contribution >= 4 is 5.91 Å². The molecule has 1 aliphatic rings. The fourth-order valence-electron chi connectivity index (χ4n) is 2.66. The second-order valence-electron chi connectivity index (χ2n) is 6.02. The molecule has 1 amide bonds. The molecule has 4 heteroatoms. The van der Waals surface area contributed by atoms with Gasteiger partial charge in [0.2, 0.25) is 5.91 Å². The Morgan fingerprint density at radius 2 is 2.00 bits per heavy atom. The van der Waals surface area contributed by atoms with Crippen molar-refractivity contribution in [1.29, 1.82) is 0 Å². The van der Waals surface area contributed by atoms with Crippen LogP contribution in [-0.4, -0.2) is 23.9 Å². The van der Waals surface area contributed by atoms with Gasteiger partial charge in [-0.2, -0.15) is 0 Å². The van der Waals surface area contributed by atoms with Gasteiger partial charge in [0.25, 0.3) is 0 Å². The Labute approximate surface area is 131 Å². The van der Waals surface area contributed by atoms with Gasteiger partial charge in [-0.05, 0) is 44.5 Å². The molecule has 1 unspecified atom stereocenters. The normalized spacial score (nSPS) is 15.8. The van der Waals surface area contributed by atoms with Gasteiger partial charge in [-0.25, -0.2) is 0 Å². The molecule has 1 N–H and O–H groups in total. The van der Waals surface area contributed by atoms with E-state index in [-0.39, 0.29) is 11.9 Å². The predicted octanol–water partition coefficient (Wildman–Crippen LogP) is 3.04. The van der Waals surface area contributed by atoms with Crippen molar-refractivity contribution in [2.24, 2.45) is 0 Å². The van der Waals surface area contributed by atoms with E-state index in [1.54, 1.807) is 0 Å². The number of furan rings is 1. The van der Waals surface area contributed by atoms with Crippen LogP contribution in [0.15, 0.2) is 46.9 Å². The van der Waals surface area contributed by atoms with Crippen LogP contribution in [0.3, 0.4) is 0 Å². The molecule has 1 atom stereocenters. The fraction of sp³-hybridized carbons (Fsp3) is 0.389. The number of carbonyl (C=O) groups excluding carboxylic acids is 1. The van der Waals surface area contributed by atoms with Crippen molar-refractivity contribution in [2.45, 2.75) is 38.4 Å². The standard InChI is InChI=1S/C18H22N2O2/c1-13-8-11-16(22-13)12-20(2)17(14-6-4-3-5-7-14)18(21)19-15-9-10-15/h3-8,11,15,17H,9-10,12H2,1-2H3,(H,19,21). The molecule has 4 nitrogen and oxygen atoms in total. The highest BCUT2D eigenvalue weighted by Crippen LogP contribution is 2.25. The zero-order valence-electron chi connectivity index (χ0n) is 13.1. The summed E-state index contributed by atoms with van der Waals surface area (Å²) in [6.07, 6.45) is 2.18. The lowest BCUT2D eigenvalue weighted by atomic mass is 10.0. The van der Waals surface area contributed by atoms with Gasteiger partial charge in [0.15, 0.2) is 0 Å². The van der Waals surface area contributed by atoms with Gasteiger partial charge in [-0.1, -0.05) is 30.3 Å². The van der Waals surface area contributed by atoms with E-state index >= 15 is 0 Å². The van der Waals surface area contributed by atoms with E-state index in [0.717, 1.165) is 29.9 Å². The first kappa shape index (κ1) is 14.9. The number of aryl methyl sites for hydroxylation is 1. The molecular formula is C18H22N2O2. The molecule has 2 aromatic rings. The summed E-state index contributed by atoms with van der Waals surface area (Å²) < 4.78 is 5.64. The second kappa shape index (κ2) is 6.36. The van der Waals surface area contributed by atoms with Crippen LogP contribution in [0.1, 0.15) is 36.0 Å². The lowest BCUT2D eigenvalue weighted by molar-refractivity contribution is -0.126. The predicted molar refractivity (Wildman–Crippen MR) is 85.3 cm³/mol. The molecule has 0 bridgehead atoms. The molecule has 0 aliphatic heterocycles. The summed E-state index contributed by atoms with van der Waals surface area (Å²) >= 11 is 0. The van der Waals surface area contributed by atoms with Crippen molar-refractivity contribution in [3.05, 3.63) is 59.5 Å². The molecule has 0 saturated heterocycles. The van der Waals surface area contributed by atoms with E-state index in [2.05, 4.69) is 5.32 Å². The van der Waals surface area contributed by atoms with Crippen LogP contribution in [-0.2, 0) is 11.3 Å². The Morgan fingerprint density at radius 3 is 2.59 bits per heavy atom. The van der Waals surface area contributed by atoms with Gasteiger partial charge in [-0.15, -0.1) is 0 Å². The van der Waals surface area contributed by atoms with Crippen molar-refractivity contribution in [3.8, 4) is 0 Å². The van der Waals surface area contributed by atoms with E-state index in [1.165, 1.54) is 0 Å². The Balaban J connectivity index is 1.78. The molecule has 116 valence electrons.